The van der Waals surface area contributed by atoms with E-state index in [-0.39, 0.29) is 17.1 Å². The van der Waals surface area contributed by atoms with Crippen LogP contribution in [0.1, 0.15) is 11.1 Å². The van der Waals surface area contributed by atoms with Crippen molar-refractivity contribution in [2.24, 2.45) is 4.99 Å². The van der Waals surface area contributed by atoms with Crippen LogP contribution in [0.15, 0.2) is 83.5 Å². The van der Waals surface area contributed by atoms with E-state index in [9.17, 15) is 20.0 Å². The molecule has 1 aliphatic rings. The lowest BCUT2D eigenvalue weighted by Crippen LogP contribution is -2.32. The summed E-state index contributed by atoms with van der Waals surface area (Å²) in [6, 6.07) is 19.6. The highest BCUT2D eigenvalue weighted by Gasteiger charge is 2.34. The molecule has 0 spiro atoms. The van der Waals surface area contributed by atoms with Crippen LogP contribution in [-0.2, 0) is 4.79 Å². The number of aliphatic imine (C=N–C) groups is 1. The molecule has 0 fully saturated rings. The van der Waals surface area contributed by atoms with Crippen LogP contribution in [0.4, 0.5) is 11.4 Å². The lowest BCUT2D eigenvalue weighted by atomic mass is 10.1. The maximum Gasteiger partial charge on any atom is 0.282 e. The van der Waals surface area contributed by atoms with E-state index in [1.807, 2.05) is 6.07 Å². The second-order valence-electron chi connectivity index (χ2n) is 6.42. The van der Waals surface area contributed by atoms with Crippen LogP contribution in [0.5, 0.6) is 5.75 Å². The molecule has 0 saturated heterocycles. The number of amidine groups is 1. The van der Waals surface area contributed by atoms with Crippen LogP contribution in [0.25, 0.3) is 6.08 Å². The number of halogens is 1. The molecular formula is C22H14ClN3O4. The number of nitro benzene ring substituents is 1. The molecule has 4 rings (SSSR count). The number of rotatable bonds is 4. The molecule has 0 atom stereocenters. The fraction of sp³-hybridized carbons (Fsp3) is 0. The number of carbonyl (C=O) groups is 1. The summed E-state index contributed by atoms with van der Waals surface area (Å²) in [5.41, 5.74) is 1.20. The molecule has 7 nitrogen and oxygen atoms in total. The zero-order valence-electron chi connectivity index (χ0n) is 15.4. The third-order valence-electron chi connectivity index (χ3n) is 4.50. The first-order valence-corrected chi connectivity index (χ1v) is 9.25. The minimum absolute atomic E-state index is 0.0933. The Kier molecular flexibility index (Phi) is 5.04. The van der Waals surface area contributed by atoms with Gasteiger partial charge in [0.1, 0.15) is 17.3 Å². The van der Waals surface area contributed by atoms with Crippen molar-refractivity contribution in [3.05, 3.63) is 105 Å². The summed E-state index contributed by atoms with van der Waals surface area (Å²) < 4.78 is 0. The van der Waals surface area contributed by atoms with Crippen LogP contribution in [0, 0.1) is 10.1 Å². The maximum absolute atomic E-state index is 13.2. The standard InChI is InChI=1S/C22H14ClN3O4/c23-17-9-5-4-8-15(17)12-18-22(28)25(21(24-18)14-6-2-1-3-7-14)19-11-10-16(26(29)30)13-20(19)27/h1-13,27H/b18-12+. The van der Waals surface area contributed by atoms with Crippen LogP contribution in [-0.4, -0.2) is 21.8 Å². The van der Waals surface area contributed by atoms with Gasteiger partial charge in [-0.2, -0.15) is 0 Å². The number of nitro groups is 1. The lowest BCUT2D eigenvalue weighted by molar-refractivity contribution is -0.384. The Morgan fingerprint density at radius 3 is 2.40 bits per heavy atom. The van der Waals surface area contributed by atoms with Crippen LogP contribution in [0.2, 0.25) is 5.02 Å². The molecule has 0 saturated carbocycles. The first kappa shape index (κ1) is 19.4. The average Bonchev–Trinajstić information content (AvgIpc) is 3.06. The molecule has 8 heteroatoms. The zero-order chi connectivity index (χ0) is 21.3. The summed E-state index contributed by atoms with van der Waals surface area (Å²) in [5, 5.41) is 21.9. The molecule has 3 aromatic rings. The number of carbonyl (C=O) groups excluding carboxylic acids is 1. The van der Waals surface area contributed by atoms with Crippen LogP contribution in [0.3, 0.4) is 0 Å². The number of hydrogen-bond donors (Lipinski definition) is 1. The van der Waals surface area contributed by atoms with E-state index >= 15 is 0 Å². The van der Waals surface area contributed by atoms with Crippen LogP contribution >= 0.6 is 11.6 Å². The van der Waals surface area contributed by atoms with E-state index in [2.05, 4.69) is 4.99 Å². The van der Waals surface area contributed by atoms with Gasteiger partial charge < -0.3 is 5.11 Å². The van der Waals surface area contributed by atoms with Crippen molar-refractivity contribution in [1.82, 2.24) is 0 Å². The van der Waals surface area contributed by atoms with E-state index in [0.29, 0.717) is 22.0 Å². The fourth-order valence-electron chi connectivity index (χ4n) is 3.07. The van der Waals surface area contributed by atoms with Gasteiger partial charge in [-0.05, 0) is 23.8 Å². The minimum atomic E-state index is -0.621. The zero-order valence-corrected chi connectivity index (χ0v) is 16.2. The molecule has 1 heterocycles. The van der Waals surface area contributed by atoms with Gasteiger partial charge in [-0.25, -0.2) is 4.99 Å². The summed E-state index contributed by atoms with van der Waals surface area (Å²) in [5.74, 6) is -0.596. The summed E-state index contributed by atoms with van der Waals surface area (Å²) >= 11 is 6.21. The molecule has 0 unspecified atom stereocenters. The van der Waals surface area contributed by atoms with E-state index < -0.39 is 16.6 Å². The number of phenolic OH excluding ortho intramolecular Hbond substituents is 1. The second kappa shape index (κ2) is 7.81. The van der Waals surface area contributed by atoms with E-state index in [0.717, 1.165) is 6.07 Å². The number of nitrogens with zero attached hydrogens (tertiary/aromatic N) is 3. The van der Waals surface area contributed by atoms with Gasteiger partial charge in [-0.3, -0.25) is 19.8 Å². The van der Waals surface area contributed by atoms with Gasteiger partial charge in [0.15, 0.2) is 0 Å². The second-order valence-corrected chi connectivity index (χ2v) is 6.83. The fourth-order valence-corrected chi connectivity index (χ4v) is 3.27. The number of hydrogen-bond acceptors (Lipinski definition) is 5. The van der Waals surface area contributed by atoms with Gasteiger partial charge in [-0.15, -0.1) is 0 Å². The maximum atomic E-state index is 13.2. The van der Waals surface area contributed by atoms with Gasteiger partial charge in [0, 0.05) is 16.7 Å². The van der Waals surface area contributed by atoms with Gasteiger partial charge >= 0.3 is 0 Å². The minimum Gasteiger partial charge on any atom is -0.505 e. The number of amides is 1. The van der Waals surface area contributed by atoms with Gasteiger partial charge in [0.2, 0.25) is 0 Å². The predicted octanol–water partition coefficient (Wildman–Crippen LogP) is 4.79. The van der Waals surface area contributed by atoms with Crippen molar-refractivity contribution in [3.63, 3.8) is 0 Å². The molecule has 3 aromatic carbocycles. The normalized spacial score (nSPS) is 14.8. The summed E-state index contributed by atoms with van der Waals surface area (Å²) in [7, 11) is 0. The molecule has 1 amide bonds. The summed E-state index contributed by atoms with van der Waals surface area (Å²) in [6.45, 7) is 0. The number of phenols is 1. The third-order valence-corrected chi connectivity index (χ3v) is 4.84. The van der Waals surface area contributed by atoms with E-state index in [4.69, 9.17) is 11.6 Å². The van der Waals surface area contributed by atoms with E-state index in [1.165, 1.54) is 17.0 Å². The van der Waals surface area contributed by atoms with Crippen molar-refractivity contribution in [1.29, 1.82) is 0 Å². The quantitative estimate of drug-likeness (QED) is 0.373. The molecule has 0 aromatic heterocycles. The molecule has 148 valence electrons. The van der Waals surface area contributed by atoms with Crippen molar-refractivity contribution in [3.8, 4) is 5.75 Å². The SMILES string of the molecule is O=C1/C(=C\c2ccccc2Cl)N=C(c2ccccc2)N1c1ccc([N+](=O)[O-])cc1O. The number of benzene rings is 3. The van der Waals surface area contributed by atoms with Crippen molar-refractivity contribution in [2.75, 3.05) is 4.90 Å². The van der Waals surface area contributed by atoms with Crippen molar-refractivity contribution in [2.45, 2.75) is 0 Å². The lowest BCUT2D eigenvalue weighted by Gasteiger charge is -2.19. The Bertz CT molecular complexity index is 1220. The molecule has 30 heavy (non-hydrogen) atoms. The van der Waals surface area contributed by atoms with Gasteiger partial charge in [0.05, 0.1) is 16.7 Å². The largest absolute Gasteiger partial charge is 0.505 e. The highest BCUT2D eigenvalue weighted by molar-refractivity contribution is 6.35. The van der Waals surface area contributed by atoms with Crippen LogP contribution < -0.4 is 4.90 Å². The third kappa shape index (κ3) is 3.54. The molecular weight excluding hydrogens is 406 g/mol. The number of non-ortho nitro benzene ring substituents is 1. The van der Waals surface area contributed by atoms with Gasteiger partial charge in [0.25, 0.3) is 11.6 Å². The van der Waals surface area contributed by atoms with E-state index in [1.54, 1.807) is 54.6 Å². The molecule has 0 aliphatic carbocycles. The first-order chi connectivity index (χ1) is 14.5. The summed E-state index contributed by atoms with van der Waals surface area (Å²) in [6.07, 6.45) is 1.57. The highest BCUT2D eigenvalue weighted by atomic mass is 35.5. The highest BCUT2D eigenvalue weighted by Crippen LogP contribution is 2.36. The number of anilines is 1. The Morgan fingerprint density at radius 2 is 1.73 bits per heavy atom. The molecule has 0 radical (unpaired) electrons. The van der Waals surface area contributed by atoms with Crippen molar-refractivity contribution >= 4 is 40.8 Å². The Morgan fingerprint density at radius 1 is 1.03 bits per heavy atom. The van der Waals surface area contributed by atoms with Gasteiger partial charge in [-0.1, -0.05) is 60.1 Å². The Hall–Kier alpha value is -3.97. The monoisotopic (exact) mass is 419 g/mol. The van der Waals surface area contributed by atoms with Crippen molar-refractivity contribution < 1.29 is 14.8 Å². The average molecular weight is 420 g/mol. The topological polar surface area (TPSA) is 96.0 Å². The Labute approximate surface area is 176 Å². The number of aromatic hydroxyl groups is 1. The smallest absolute Gasteiger partial charge is 0.282 e. The molecule has 1 N–H and O–H groups in total. The Balaban J connectivity index is 1.85. The summed E-state index contributed by atoms with van der Waals surface area (Å²) in [4.78, 5) is 29.3. The first-order valence-electron chi connectivity index (χ1n) is 8.88. The molecule has 1 aliphatic heterocycles. The predicted molar refractivity (Wildman–Crippen MR) is 115 cm³/mol. The molecule has 0 bridgehead atoms.